The molecule has 2 heteroatoms. The molecule has 0 spiro atoms. The van der Waals surface area contributed by atoms with Gasteiger partial charge in [0.2, 0.25) is 0 Å². The van der Waals surface area contributed by atoms with Crippen molar-refractivity contribution in [2.45, 2.75) is 6.92 Å². The summed E-state index contributed by atoms with van der Waals surface area (Å²) in [7, 11) is 1.64. The second-order valence-electron chi connectivity index (χ2n) is 1.32. The third-order valence-electron chi connectivity index (χ3n) is 0.655. The molecule has 0 aliphatic carbocycles. The van der Waals surface area contributed by atoms with Crippen molar-refractivity contribution in [2.75, 3.05) is 26.9 Å². The zero-order valence-corrected chi connectivity index (χ0v) is 5.44. The fraction of sp³-hybridized carbons (Fsp3) is 0.833. The molecule has 0 aliphatic rings. The lowest BCUT2D eigenvalue weighted by molar-refractivity contribution is 0.145. The zero-order chi connectivity index (χ0) is 6.24. The van der Waals surface area contributed by atoms with Crippen LogP contribution in [0.25, 0.3) is 0 Å². The van der Waals surface area contributed by atoms with Crippen LogP contribution in [0.1, 0.15) is 6.92 Å². The fourth-order valence-corrected chi connectivity index (χ4v) is 0.318. The Morgan fingerprint density at radius 3 is 2.62 bits per heavy atom. The van der Waals surface area contributed by atoms with Crippen molar-refractivity contribution in [1.29, 1.82) is 0 Å². The van der Waals surface area contributed by atoms with E-state index in [1.165, 1.54) is 0 Å². The Kier molecular flexibility index (Phi) is 6.85. The average Bonchev–Trinajstić information content (AvgIpc) is 1.81. The molecule has 0 bridgehead atoms. The van der Waals surface area contributed by atoms with Gasteiger partial charge in [0.15, 0.2) is 0 Å². The van der Waals surface area contributed by atoms with Crippen LogP contribution in [0.4, 0.5) is 0 Å². The van der Waals surface area contributed by atoms with Gasteiger partial charge in [-0.15, -0.1) is 0 Å². The standard InChI is InChI=1S/C6H12O2/c1-3-8-6-4-5-7-2/h3,5-6H2,1-2H3. The number of ether oxygens (including phenoxy) is 2. The van der Waals surface area contributed by atoms with Crippen molar-refractivity contribution < 1.29 is 9.47 Å². The van der Waals surface area contributed by atoms with Crippen molar-refractivity contribution in [2.24, 2.45) is 0 Å². The average molecular weight is 116 g/mol. The van der Waals surface area contributed by atoms with Crippen LogP contribution >= 0.6 is 0 Å². The van der Waals surface area contributed by atoms with Crippen molar-refractivity contribution in [3.63, 3.8) is 0 Å². The highest BCUT2D eigenvalue weighted by Gasteiger charge is 1.83. The van der Waals surface area contributed by atoms with Crippen LogP contribution in [0.2, 0.25) is 0 Å². The Labute approximate surface area is 50.8 Å². The maximum atomic E-state index is 4.94. The number of hydrogen-bond acceptors (Lipinski definition) is 2. The minimum Gasteiger partial charge on any atom is -0.384 e. The second kappa shape index (κ2) is 6.92. The highest BCUT2D eigenvalue weighted by atomic mass is 16.5. The van der Waals surface area contributed by atoms with Gasteiger partial charge in [-0.05, 0) is 6.92 Å². The van der Waals surface area contributed by atoms with E-state index in [1.807, 2.05) is 6.92 Å². The molecule has 0 unspecified atom stereocenters. The first-order valence-electron chi connectivity index (χ1n) is 2.69. The fourth-order valence-electron chi connectivity index (χ4n) is 0.318. The van der Waals surface area contributed by atoms with Crippen molar-refractivity contribution in [1.82, 2.24) is 0 Å². The molecule has 0 aliphatic heterocycles. The van der Waals surface area contributed by atoms with Crippen LogP contribution in [0, 0.1) is 6.42 Å². The number of hydrogen-bond donors (Lipinski definition) is 0. The molecule has 0 atom stereocenters. The molecule has 2 radical (unpaired) electrons. The molecule has 0 amide bonds. The lowest BCUT2D eigenvalue weighted by atomic mass is 10.5. The summed E-state index contributed by atoms with van der Waals surface area (Å²) in [5, 5.41) is 0. The smallest absolute Gasteiger partial charge is 0.0559 e. The molecule has 0 aromatic carbocycles. The van der Waals surface area contributed by atoms with E-state index in [9.17, 15) is 0 Å². The molecule has 0 aromatic rings. The van der Waals surface area contributed by atoms with E-state index in [0.29, 0.717) is 13.2 Å². The van der Waals surface area contributed by atoms with Gasteiger partial charge in [-0.25, -0.2) is 0 Å². The molecule has 0 rings (SSSR count). The first-order chi connectivity index (χ1) is 3.91. The monoisotopic (exact) mass is 116 g/mol. The maximum absolute atomic E-state index is 4.94. The van der Waals surface area contributed by atoms with E-state index in [-0.39, 0.29) is 0 Å². The highest BCUT2D eigenvalue weighted by Crippen LogP contribution is 1.79. The quantitative estimate of drug-likeness (QED) is 0.493. The van der Waals surface area contributed by atoms with Gasteiger partial charge in [0.25, 0.3) is 0 Å². The Morgan fingerprint density at radius 1 is 1.38 bits per heavy atom. The van der Waals surface area contributed by atoms with Crippen LogP contribution < -0.4 is 0 Å². The van der Waals surface area contributed by atoms with E-state index < -0.39 is 0 Å². The Balaban J connectivity index is 2.53. The summed E-state index contributed by atoms with van der Waals surface area (Å²) in [5.74, 6) is 0. The maximum Gasteiger partial charge on any atom is 0.0559 e. The topological polar surface area (TPSA) is 18.5 Å². The second-order valence-corrected chi connectivity index (χ2v) is 1.32. The molecule has 0 fully saturated rings. The Hall–Kier alpha value is -0.0800. The van der Waals surface area contributed by atoms with Gasteiger partial charge in [-0.1, -0.05) is 0 Å². The lowest BCUT2D eigenvalue weighted by Crippen LogP contribution is -1.98. The first kappa shape index (κ1) is 7.92. The van der Waals surface area contributed by atoms with Gasteiger partial charge >= 0.3 is 0 Å². The van der Waals surface area contributed by atoms with Crippen LogP contribution in [-0.4, -0.2) is 26.9 Å². The summed E-state index contributed by atoms with van der Waals surface area (Å²) in [6.07, 6.45) is 2.89. The lowest BCUT2D eigenvalue weighted by Gasteiger charge is -1.96. The van der Waals surface area contributed by atoms with E-state index in [0.717, 1.165) is 6.61 Å². The summed E-state index contributed by atoms with van der Waals surface area (Å²) in [4.78, 5) is 0. The Morgan fingerprint density at radius 2 is 2.12 bits per heavy atom. The molecule has 2 nitrogen and oxygen atoms in total. The number of rotatable bonds is 5. The third-order valence-corrected chi connectivity index (χ3v) is 0.655. The molecule has 48 valence electrons. The molecule has 0 saturated heterocycles. The molecule has 0 aromatic heterocycles. The minimum atomic E-state index is 0.556. The van der Waals surface area contributed by atoms with E-state index in [1.54, 1.807) is 7.11 Å². The molecule has 0 heterocycles. The SMILES string of the molecule is CCOC[C]COC. The first-order valence-corrected chi connectivity index (χ1v) is 2.69. The highest BCUT2D eigenvalue weighted by molar-refractivity contribution is 4.59. The van der Waals surface area contributed by atoms with Crippen molar-refractivity contribution >= 4 is 0 Å². The molecule has 0 N–H and O–H groups in total. The Bertz CT molecular complexity index is 31.5. The summed E-state index contributed by atoms with van der Waals surface area (Å²) in [6.45, 7) is 3.83. The third kappa shape index (κ3) is 5.92. The minimum absolute atomic E-state index is 0.556. The number of methoxy groups -OCH3 is 1. The summed E-state index contributed by atoms with van der Waals surface area (Å²) < 4.78 is 9.64. The van der Waals surface area contributed by atoms with Crippen LogP contribution in [0.3, 0.4) is 0 Å². The molecular formula is C6H12O2. The van der Waals surface area contributed by atoms with E-state index in [2.05, 4.69) is 6.42 Å². The normalized spacial score (nSPS) is 9.75. The summed E-state index contributed by atoms with van der Waals surface area (Å²) in [5.41, 5.74) is 0. The predicted molar refractivity (Wildman–Crippen MR) is 31.6 cm³/mol. The van der Waals surface area contributed by atoms with Gasteiger partial charge < -0.3 is 9.47 Å². The van der Waals surface area contributed by atoms with Crippen molar-refractivity contribution in [3.8, 4) is 0 Å². The molecule has 0 saturated carbocycles. The van der Waals surface area contributed by atoms with Crippen LogP contribution in [0.15, 0.2) is 0 Å². The zero-order valence-electron chi connectivity index (χ0n) is 5.44. The van der Waals surface area contributed by atoms with Crippen LogP contribution in [0.5, 0.6) is 0 Å². The summed E-state index contributed by atoms with van der Waals surface area (Å²) in [6, 6.07) is 0. The van der Waals surface area contributed by atoms with Gasteiger partial charge in [-0.3, -0.25) is 0 Å². The van der Waals surface area contributed by atoms with Gasteiger partial charge in [0.05, 0.1) is 13.2 Å². The van der Waals surface area contributed by atoms with E-state index in [4.69, 9.17) is 9.47 Å². The van der Waals surface area contributed by atoms with E-state index >= 15 is 0 Å². The van der Waals surface area contributed by atoms with Crippen LogP contribution in [-0.2, 0) is 9.47 Å². The molecule has 8 heavy (non-hydrogen) atoms. The molecular weight excluding hydrogens is 104 g/mol. The van der Waals surface area contributed by atoms with Gasteiger partial charge in [0, 0.05) is 20.1 Å². The van der Waals surface area contributed by atoms with Gasteiger partial charge in [0.1, 0.15) is 0 Å². The summed E-state index contributed by atoms with van der Waals surface area (Å²) >= 11 is 0. The van der Waals surface area contributed by atoms with Gasteiger partial charge in [-0.2, -0.15) is 0 Å². The predicted octanol–water partition coefficient (Wildman–Crippen LogP) is 0.751. The van der Waals surface area contributed by atoms with Crippen molar-refractivity contribution in [3.05, 3.63) is 6.42 Å². The largest absolute Gasteiger partial charge is 0.384 e.